The van der Waals surface area contributed by atoms with Crippen molar-refractivity contribution in [2.45, 2.75) is 45.1 Å². The van der Waals surface area contributed by atoms with Crippen molar-refractivity contribution in [3.05, 3.63) is 22.2 Å². The molecule has 2 aliphatic rings. The first-order chi connectivity index (χ1) is 10.1. The predicted molar refractivity (Wildman–Crippen MR) is 85.7 cm³/mol. The fourth-order valence-electron chi connectivity index (χ4n) is 3.15. The fourth-order valence-corrected chi connectivity index (χ4v) is 4.15. The average molecular weight is 301 g/mol. The highest BCUT2D eigenvalue weighted by Crippen LogP contribution is 2.36. The molecule has 0 spiro atoms. The third-order valence-electron chi connectivity index (χ3n) is 4.64. The minimum atomic E-state index is -0.0462. The molecular formula is C16H19N3OS. The predicted octanol–water partition coefficient (Wildman–Crippen LogP) is 2.90. The Morgan fingerprint density at radius 2 is 2.29 bits per heavy atom. The van der Waals surface area contributed by atoms with Crippen molar-refractivity contribution in [2.75, 3.05) is 5.73 Å². The number of amides is 1. The number of rotatable bonds is 3. The lowest BCUT2D eigenvalue weighted by atomic mass is 10.1. The summed E-state index contributed by atoms with van der Waals surface area (Å²) in [5, 5.41) is 4.03. The van der Waals surface area contributed by atoms with Crippen LogP contribution in [-0.2, 0) is 12.8 Å². The van der Waals surface area contributed by atoms with Crippen molar-refractivity contribution in [3.63, 3.8) is 0 Å². The van der Waals surface area contributed by atoms with Gasteiger partial charge in [0, 0.05) is 17.1 Å². The molecule has 4 nitrogen and oxygen atoms in total. The molecule has 5 heteroatoms. The molecule has 110 valence electrons. The van der Waals surface area contributed by atoms with Crippen LogP contribution in [0, 0.1) is 5.92 Å². The minimum absolute atomic E-state index is 0.0462. The highest BCUT2D eigenvalue weighted by Gasteiger charge is 2.30. The Labute approximate surface area is 127 Å². The Kier molecular flexibility index (Phi) is 2.92. The van der Waals surface area contributed by atoms with E-state index in [1.54, 1.807) is 0 Å². The maximum atomic E-state index is 12.4. The van der Waals surface area contributed by atoms with Gasteiger partial charge in [-0.1, -0.05) is 0 Å². The molecule has 2 heterocycles. The lowest BCUT2D eigenvalue weighted by Crippen LogP contribution is -2.33. The fraction of sp³-hybridized carbons (Fsp3) is 0.500. The zero-order valence-corrected chi connectivity index (χ0v) is 12.9. The number of aromatic nitrogens is 1. The number of aryl methyl sites for hydroxylation is 2. The Morgan fingerprint density at radius 1 is 1.48 bits per heavy atom. The second kappa shape index (κ2) is 4.70. The number of pyridine rings is 1. The lowest BCUT2D eigenvalue weighted by Gasteiger charge is -2.11. The van der Waals surface area contributed by atoms with Gasteiger partial charge in [0.15, 0.2) is 0 Å². The van der Waals surface area contributed by atoms with Gasteiger partial charge < -0.3 is 11.1 Å². The number of nitrogen functional groups attached to an aromatic ring is 1. The van der Waals surface area contributed by atoms with E-state index in [0.29, 0.717) is 16.5 Å². The Hall–Kier alpha value is -1.62. The van der Waals surface area contributed by atoms with Gasteiger partial charge in [-0.25, -0.2) is 4.98 Å². The minimum Gasteiger partial charge on any atom is -0.397 e. The van der Waals surface area contributed by atoms with Gasteiger partial charge in [-0.3, -0.25) is 4.79 Å². The van der Waals surface area contributed by atoms with Crippen LogP contribution in [-0.4, -0.2) is 16.9 Å². The first-order valence-electron chi connectivity index (χ1n) is 7.65. The smallest absolute Gasteiger partial charge is 0.263 e. The zero-order valence-electron chi connectivity index (χ0n) is 12.1. The van der Waals surface area contributed by atoms with Crippen LogP contribution in [0.4, 0.5) is 5.69 Å². The van der Waals surface area contributed by atoms with Gasteiger partial charge in [0.1, 0.15) is 9.71 Å². The number of carbonyl (C=O) groups is 1. The molecule has 1 fully saturated rings. The van der Waals surface area contributed by atoms with Gasteiger partial charge >= 0.3 is 0 Å². The summed E-state index contributed by atoms with van der Waals surface area (Å²) in [7, 11) is 0. The van der Waals surface area contributed by atoms with Crippen LogP contribution in [0.5, 0.6) is 0 Å². The van der Waals surface area contributed by atoms with E-state index in [2.05, 4.69) is 18.3 Å². The Bertz CT molecular complexity index is 733. The van der Waals surface area contributed by atoms with E-state index >= 15 is 0 Å². The molecule has 1 saturated carbocycles. The summed E-state index contributed by atoms with van der Waals surface area (Å²) in [6.07, 6.45) is 5.73. The van der Waals surface area contributed by atoms with Crippen LogP contribution in [0.15, 0.2) is 6.07 Å². The number of nitrogens with two attached hydrogens (primary N) is 1. The summed E-state index contributed by atoms with van der Waals surface area (Å²) >= 11 is 1.42. The van der Waals surface area contributed by atoms with Crippen molar-refractivity contribution in [2.24, 2.45) is 5.92 Å². The molecule has 21 heavy (non-hydrogen) atoms. The number of hydrogen-bond acceptors (Lipinski definition) is 4. The Balaban J connectivity index is 1.68. The standard InChI is InChI=1S/C16H19N3OS/c1-8(9-5-6-9)18-15(20)14-13(17)11-7-10-3-2-4-12(10)19-16(11)21-14/h7-9H,2-6,17H2,1H3,(H,18,20). The van der Waals surface area contributed by atoms with Crippen LogP contribution < -0.4 is 11.1 Å². The number of nitrogens with one attached hydrogen (secondary N) is 1. The second-order valence-corrected chi connectivity index (χ2v) is 7.24. The molecule has 0 bridgehead atoms. The molecule has 0 radical (unpaired) electrons. The third-order valence-corrected chi connectivity index (χ3v) is 5.76. The number of carbonyl (C=O) groups excluding carboxylic acids is 1. The number of thiophene rings is 1. The van der Waals surface area contributed by atoms with E-state index in [1.165, 1.54) is 41.9 Å². The molecule has 3 N–H and O–H groups in total. The third kappa shape index (κ3) is 2.20. The first kappa shape index (κ1) is 13.1. The van der Waals surface area contributed by atoms with E-state index in [0.717, 1.165) is 23.1 Å². The number of anilines is 1. The summed E-state index contributed by atoms with van der Waals surface area (Å²) in [6.45, 7) is 2.08. The van der Waals surface area contributed by atoms with E-state index in [9.17, 15) is 4.79 Å². The lowest BCUT2D eigenvalue weighted by molar-refractivity contribution is 0.0941. The second-order valence-electron chi connectivity index (χ2n) is 6.24. The van der Waals surface area contributed by atoms with E-state index < -0.39 is 0 Å². The summed E-state index contributed by atoms with van der Waals surface area (Å²) in [5.74, 6) is 0.599. The van der Waals surface area contributed by atoms with Gasteiger partial charge in [-0.05, 0) is 56.6 Å². The van der Waals surface area contributed by atoms with Crippen LogP contribution in [0.2, 0.25) is 0 Å². The summed E-state index contributed by atoms with van der Waals surface area (Å²) in [6, 6.07) is 2.37. The van der Waals surface area contributed by atoms with Gasteiger partial charge in [-0.15, -0.1) is 11.3 Å². The summed E-state index contributed by atoms with van der Waals surface area (Å²) in [4.78, 5) is 18.6. The van der Waals surface area contributed by atoms with Crippen molar-refractivity contribution >= 4 is 33.1 Å². The zero-order chi connectivity index (χ0) is 14.6. The summed E-state index contributed by atoms with van der Waals surface area (Å²) < 4.78 is 0. The molecule has 4 rings (SSSR count). The molecule has 2 aromatic rings. The molecule has 0 aliphatic heterocycles. The highest BCUT2D eigenvalue weighted by atomic mass is 32.1. The topological polar surface area (TPSA) is 68.0 Å². The van der Waals surface area contributed by atoms with Gasteiger partial charge in [0.05, 0.1) is 5.69 Å². The van der Waals surface area contributed by atoms with Crippen LogP contribution in [0.25, 0.3) is 10.2 Å². The molecule has 1 atom stereocenters. The molecule has 2 aromatic heterocycles. The van der Waals surface area contributed by atoms with Crippen molar-refractivity contribution in [3.8, 4) is 0 Å². The van der Waals surface area contributed by atoms with Gasteiger partial charge in [0.2, 0.25) is 0 Å². The van der Waals surface area contributed by atoms with Gasteiger partial charge in [-0.2, -0.15) is 0 Å². The van der Waals surface area contributed by atoms with Gasteiger partial charge in [0.25, 0.3) is 5.91 Å². The maximum Gasteiger partial charge on any atom is 0.263 e. The molecule has 1 unspecified atom stereocenters. The van der Waals surface area contributed by atoms with Crippen LogP contribution in [0.1, 0.15) is 47.1 Å². The molecule has 0 aromatic carbocycles. The van der Waals surface area contributed by atoms with Crippen LogP contribution >= 0.6 is 11.3 Å². The van der Waals surface area contributed by atoms with E-state index in [4.69, 9.17) is 10.7 Å². The Morgan fingerprint density at radius 3 is 3.05 bits per heavy atom. The van der Waals surface area contributed by atoms with E-state index in [1.807, 2.05) is 0 Å². The number of fused-ring (bicyclic) bond motifs is 2. The van der Waals surface area contributed by atoms with Crippen LogP contribution in [0.3, 0.4) is 0 Å². The first-order valence-corrected chi connectivity index (χ1v) is 8.47. The van der Waals surface area contributed by atoms with E-state index in [-0.39, 0.29) is 11.9 Å². The highest BCUT2D eigenvalue weighted by molar-refractivity contribution is 7.21. The average Bonchev–Trinajstić information content (AvgIpc) is 3.14. The van der Waals surface area contributed by atoms with Crippen molar-refractivity contribution < 1.29 is 4.79 Å². The summed E-state index contributed by atoms with van der Waals surface area (Å²) in [5.41, 5.74) is 9.29. The van der Waals surface area contributed by atoms with Crippen molar-refractivity contribution in [1.82, 2.24) is 10.3 Å². The normalized spacial score (nSPS) is 18.7. The molecule has 0 saturated heterocycles. The largest absolute Gasteiger partial charge is 0.397 e. The van der Waals surface area contributed by atoms with Crippen molar-refractivity contribution in [1.29, 1.82) is 0 Å². The molecule has 2 aliphatic carbocycles. The quantitative estimate of drug-likeness (QED) is 0.916. The molecular weight excluding hydrogens is 282 g/mol. The maximum absolute atomic E-state index is 12.4. The monoisotopic (exact) mass is 301 g/mol. The molecule has 1 amide bonds. The number of hydrogen-bond donors (Lipinski definition) is 2. The number of nitrogens with zero attached hydrogens (tertiary/aromatic N) is 1. The SMILES string of the molecule is CC(NC(=O)c1sc2nc3c(cc2c1N)CCC3)C1CC1.